The highest BCUT2D eigenvalue weighted by Crippen LogP contribution is 2.15. The van der Waals surface area contributed by atoms with E-state index in [0.717, 1.165) is 24.2 Å². The highest BCUT2D eigenvalue weighted by molar-refractivity contribution is 5.73. The third-order valence-electron chi connectivity index (χ3n) is 4.37. The zero-order valence-corrected chi connectivity index (χ0v) is 13.3. The molecule has 1 aliphatic heterocycles. The quantitative estimate of drug-likeness (QED) is 0.688. The van der Waals surface area contributed by atoms with Crippen LogP contribution in [0.4, 0.5) is 5.95 Å². The number of likely N-dealkylation sites (tertiary alicyclic amines) is 1. The molecule has 2 heterocycles. The lowest BCUT2D eigenvalue weighted by Crippen LogP contribution is -2.36. The van der Waals surface area contributed by atoms with E-state index in [0.29, 0.717) is 21.8 Å². The molecule has 118 valence electrons. The van der Waals surface area contributed by atoms with Gasteiger partial charge in [-0.2, -0.15) is 0 Å². The summed E-state index contributed by atoms with van der Waals surface area (Å²) in [6.07, 6.45) is 3.91. The molecule has 0 spiro atoms. The van der Waals surface area contributed by atoms with Gasteiger partial charge >= 0.3 is 0 Å². The molecular weight excluding hydrogens is 278 g/mol. The summed E-state index contributed by atoms with van der Waals surface area (Å²) in [5.41, 5.74) is 3.41. The molecule has 6 nitrogen and oxygen atoms in total. The largest absolute Gasteiger partial charge is 0.594 e. The Hall–Kier alpha value is -1.95. The van der Waals surface area contributed by atoms with Gasteiger partial charge in [0.15, 0.2) is 0 Å². The number of nitrogens with one attached hydrogen (secondary N) is 1. The van der Waals surface area contributed by atoms with E-state index in [9.17, 15) is 5.21 Å². The number of aryl methyl sites for hydroxylation is 2. The summed E-state index contributed by atoms with van der Waals surface area (Å²) in [4.78, 5) is 7.56. The summed E-state index contributed by atoms with van der Waals surface area (Å²) in [6.45, 7) is 8.07. The van der Waals surface area contributed by atoms with E-state index in [2.05, 4.69) is 20.3 Å². The lowest BCUT2D eigenvalue weighted by Gasteiger charge is -2.26. The topological polar surface area (TPSA) is 68.0 Å². The van der Waals surface area contributed by atoms with Crippen LogP contribution in [0.3, 0.4) is 0 Å². The van der Waals surface area contributed by atoms with Crippen molar-refractivity contribution in [3.8, 4) is 0 Å². The van der Waals surface area contributed by atoms with Gasteiger partial charge in [0.1, 0.15) is 5.52 Å². The SMILES string of the molecule is Cc1cc2nc(NCCN3CCCCC3)n[n+]([O-])c2cc1C. The monoisotopic (exact) mass is 301 g/mol. The Kier molecular flexibility index (Phi) is 4.38. The lowest BCUT2D eigenvalue weighted by atomic mass is 10.1. The Morgan fingerprint density at radius 3 is 2.68 bits per heavy atom. The van der Waals surface area contributed by atoms with Crippen molar-refractivity contribution in [1.29, 1.82) is 0 Å². The smallest absolute Gasteiger partial charge is 0.290 e. The summed E-state index contributed by atoms with van der Waals surface area (Å²) < 4.78 is 0. The van der Waals surface area contributed by atoms with Crippen LogP contribution in [0.1, 0.15) is 30.4 Å². The molecule has 1 aromatic carbocycles. The van der Waals surface area contributed by atoms with E-state index in [-0.39, 0.29) is 0 Å². The third-order valence-corrected chi connectivity index (χ3v) is 4.37. The fourth-order valence-electron chi connectivity index (χ4n) is 2.89. The molecule has 0 amide bonds. The van der Waals surface area contributed by atoms with Crippen molar-refractivity contribution in [2.45, 2.75) is 33.1 Å². The molecule has 1 N–H and O–H groups in total. The minimum atomic E-state index is 0.405. The predicted octanol–water partition coefficient (Wildman–Crippen LogP) is 1.78. The second-order valence-corrected chi connectivity index (χ2v) is 6.06. The van der Waals surface area contributed by atoms with Crippen LogP contribution < -0.4 is 10.2 Å². The summed E-state index contributed by atoms with van der Waals surface area (Å²) in [6, 6.07) is 3.78. The van der Waals surface area contributed by atoms with Gasteiger partial charge in [0.05, 0.1) is 5.10 Å². The molecule has 1 fully saturated rings. The molecule has 0 unspecified atom stereocenters. The van der Waals surface area contributed by atoms with Crippen LogP contribution in [0.2, 0.25) is 0 Å². The number of hydrogen-bond acceptors (Lipinski definition) is 5. The van der Waals surface area contributed by atoms with Gasteiger partial charge in [-0.1, -0.05) is 6.42 Å². The van der Waals surface area contributed by atoms with Crippen molar-refractivity contribution in [2.24, 2.45) is 0 Å². The van der Waals surface area contributed by atoms with Gasteiger partial charge in [-0.25, -0.2) is 4.98 Å². The van der Waals surface area contributed by atoms with Crippen molar-refractivity contribution in [3.05, 3.63) is 28.5 Å². The zero-order chi connectivity index (χ0) is 15.5. The van der Waals surface area contributed by atoms with Crippen molar-refractivity contribution >= 4 is 17.0 Å². The molecule has 0 atom stereocenters. The Labute approximate surface area is 130 Å². The molecule has 6 heteroatoms. The van der Waals surface area contributed by atoms with Gasteiger partial charge in [0.25, 0.3) is 11.5 Å². The van der Waals surface area contributed by atoms with E-state index in [1.807, 2.05) is 26.0 Å². The summed E-state index contributed by atoms with van der Waals surface area (Å²) in [5.74, 6) is 0.405. The molecule has 2 aromatic rings. The van der Waals surface area contributed by atoms with Crippen molar-refractivity contribution in [1.82, 2.24) is 15.0 Å². The van der Waals surface area contributed by atoms with Gasteiger partial charge in [-0.3, -0.25) is 0 Å². The van der Waals surface area contributed by atoms with Crippen LogP contribution in [-0.2, 0) is 0 Å². The normalized spacial score (nSPS) is 16.1. The Balaban J connectivity index is 1.70. The van der Waals surface area contributed by atoms with Crippen molar-refractivity contribution < 1.29 is 4.85 Å². The first-order valence-electron chi connectivity index (χ1n) is 7.98. The molecule has 0 saturated carbocycles. The maximum atomic E-state index is 12.0. The minimum absolute atomic E-state index is 0.405. The average Bonchev–Trinajstić information content (AvgIpc) is 2.50. The first kappa shape index (κ1) is 15.0. The van der Waals surface area contributed by atoms with Crippen LogP contribution >= 0.6 is 0 Å². The fraction of sp³-hybridized carbons (Fsp3) is 0.562. The Morgan fingerprint density at radius 1 is 1.18 bits per heavy atom. The number of rotatable bonds is 4. The Morgan fingerprint density at radius 2 is 1.91 bits per heavy atom. The Bertz CT molecular complexity index is 667. The van der Waals surface area contributed by atoms with Crippen LogP contribution in [0, 0.1) is 19.1 Å². The summed E-state index contributed by atoms with van der Waals surface area (Å²) >= 11 is 0. The van der Waals surface area contributed by atoms with Gasteiger partial charge in [-0.15, -0.1) is 0 Å². The molecule has 1 aromatic heterocycles. The van der Waals surface area contributed by atoms with Crippen molar-refractivity contribution in [3.63, 3.8) is 0 Å². The van der Waals surface area contributed by atoms with Crippen LogP contribution in [0.15, 0.2) is 12.1 Å². The number of piperidine rings is 1. The number of anilines is 1. The maximum absolute atomic E-state index is 12.0. The minimum Gasteiger partial charge on any atom is -0.594 e. The van der Waals surface area contributed by atoms with Crippen LogP contribution in [-0.4, -0.2) is 41.2 Å². The van der Waals surface area contributed by atoms with E-state index in [4.69, 9.17) is 0 Å². The summed E-state index contributed by atoms with van der Waals surface area (Å²) in [5, 5.41) is 19.2. The molecule has 22 heavy (non-hydrogen) atoms. The second kappa shape index (κ2) is 6.44. The predicted molar refractivity (Wildman–Crippen MR) is 86.8 cm³/mol. The maximum Gasteiger partial charge on any atom is 0.290 e. The van der Waals surface area contributed by atoms with Gasteiger partial charge in [0, 0.05) is 19.2 Å². The number of benzene rings is 1. The molecule has 0 radical (unpaired) electrons. The third kappa shape index (κ3) is 3.27. The number of hydrogen-bond donors (Lipinski definition) is 1. The number of aromatic nitrogens is 3. The standard InChI is InChI=1S/C16H23N5O/c1-12-10-14-15(11-13(12)2)21(22)19-16(18-14)17-6-9-20-7-4-3-5-8-20/h10-11H,3-9H2,1-2H3,(H,17,18,19). The number of fused-ring (bicyclic) bond motifs is 1. The van der Waals surface area contributed by atoms with E-state index >= 15 is 0 Å². The fourth-order valence-corrected chi connectivity index (χ4v) is 2.89. The van der Waals surface area contributed by atoms with Crippen LogP contribution in [0.5, 0.6) is 0 Å². The number of nitrogens with zero attached hydrogens (tertiary/aromatic N) is 4. The highest BCUT2D eigenvalue weighted by atomic mass is 16.5. The van der Waals surface area contributed by atoms with Gasteiger partial charge in [0.2, 0.25) is 0 Å². The molecule has 3 rings (SSSR count). The van der Waals surface area contributed by atoms with Crippen LogP contribution in [0.25, 0.3) is 11.0 Å². The molecule has 1 aliphatic rings. The first-order valence-corrected chi connectivity index (χ1v) is 7.98. The van der Waals surface area contributed by atoms with E-state index in [1.54, 1.807) is 0 Å². The molecule has 0 bridgehead atoms. The molecule has 1 saturated heterocycles. The first-order chi connectivity index (χ1) is 10.6. The molecular formula is C16H23N5O. The van der Waals surface area contributed by atoms with E-state index < -0.39 is 0 Å². The van der Waals surface area contributed by atoms with E-state index in [1.165, 1.54) is 32.4 Å². The molecule has 0 aliphatic carbocycles. The van der Waals surface area contributed by atoms with Gasteiger partial charge < -0.3 is 15.4 Å². The van der Waals surface area contributed by atoms with Gasteiger partial charge in [-0.05, 0) is 61.8 Å². The average molecular weight is 301 g/mol. The highest BCUT2D eigenvalue weighted by Gasteiger charge is 2.13. The second-order valence-electron chi connectivity index (χ2n) is 6.06. The lowest BCUT2D eigenvalue weighted by molar-refractivity contribution is -0.641. The zero-order valence-electron chi connectivity index (χ0n) is 13.3. The van der Waals surface area contributed by atoms with Crippen molar-refractivity contribution in [2.75, 3.05) is 31.5 Å². The summed E-state index contributed by atoms with van der Waals surface area (Å²) in [7, 11) is 0.